The molecule has 0 fully saturated rings. The molecule has 0 aliphatic heterocycles. The first-order chi connectivity index (χ1) is 9.44. The van der Waals surface area contributed by atoms with Crippen LogP contribution in [0.3, 0.4) is 0 Å². The number of thiophene rings is 1. The molecule has 0 saturated carbocycles. The summed E-state index contributed by atoms with van der Waals surface area (Å²) in [5, 5.41) is 4.41. The van der Waals surface area contributed by atoms with E-state index in [-0.39, 0.29) is 5.54 Å². The highest BCUT2D eigenvalue weighted by atomic mass is 79.9. The molecule has 0 aliphatic rings. The van der Waals surface area contributed by atoms with Crippen molar-refractivity contribution in [3.8, 4) is 10.6 Å². The van der Waals surface area contributed by atoms with Gasteiger partial charge < -0.3 is 5.73 Å². The van der Waals surface area contributed by atoms with E-state index in [0.717, 1.165) is 32.1 Å². The Morgan fingerprint density at radius 3 is 2.80 bits per heavy atom. The molecule has 104 valence electrons. The van der Waals surface area contributed by atoms with Crippen LogP contribution in [0.5, 0.6) is 0 Å². The molecule has 0 unspecified atom stereocenters. The summed E-state index contributed by atoms with van der Waals surface area (Å²) in [6.45, 7) is 4.03. The molecule has 0 aliphatic carbocycles. The molecule has 4 nitrogen and oxygen atoms in total. The first kappa shape index (κ1) is 13.7. The predicted octanol–water partition coefficient (Wildman–Crippen LogP) is 3.50. The Morgan fingerprint density at radius 1 is 1.35 bits per heavy atom. The van der Waals surface area contributed by atoms with Crippen LogP contribution in [0.1, 0.15) is 19.5 Å². The van der Waals surface area contributed by atoms with Gasteiger partial charge in [0.05, 0.1) is 14.4 Å². The Bertz CT molecular complexity index is 754. The highest BCUT2D eigenvalue weighted by molar-refractivity contribution is 9.11. The maximum absolute atomic E-state index is 6.20. The first-order valence-electron chi connectivity index (χ1n) is 6.31. The fraction of sp³-hybridized carbons (Fsp3) is 0.286. The fourth-order valence-electron chi connectivity index (χ4n) is 2.17. The van der Waals surface area contributed by atoms with Crippen LogP contribution < -0.4 is 5.73 Å². The number of fused-ring (bicyclic) bond motifs is 1. The van der Waals surface area contributed by atoms with Crippen molar-refractivity contribution in [2.75, 3.05) is 0 Å². The van der Waals surface area contributed by atoms with Crippen molar-refractivity contribution < 1.29 is 0 Å². The Kier molecular flexibility index (Phi) is 3.40. The van der Waals surface area contributed by atoms with E-state index in [0.29, 0.717) is 0 Å². The molecule has 0 bridgehead atoms. The molecule has 3 rings (SSSR count). The zero-order valence-corrected chi connectivity index (χ0v) is 13.7. The standard InChI is InChI=1S/C14H15BrN4S/c1-14(2,16)8-9-13(10-5-6-11(15)20-10)18-12-4-3-7-17-19(9)12/h3-7H,8,16H2,1-2H3. The van der Waals surface area contributed by atoms with Crippen LogP contribution in [0, 0.1) is 0 Å². The van der Waals surface area contributed by atoms with E-state index in [2.05, 4.69) is 27.1 Å². The highest BCUT2D eigenvalue weighted by Crippen LogP contribution is 2.34. The number of imidazole rings is 1. The van der Waals surface area contributed by atoms with Gasteiger partial charge in [0.1, 0.15) is 5.69 Å². The van der Waals surface area contributed by atoms with Gasteiger partial charge in [0, 0.05) is 18.2 Å². The fourth-order valence-corrected chi connectivity index (χ4v) is 3.56. The Hall–Kier alpha value is -1.24. The summed E-state index contributed by atoms with van der Waals surface area (Å²) < 4.78 is 2.98. The molecule has 0 radical (unpaired) electrons. The molecule has 0 aromatic carbocycles. The second kappa shape index (κ2) is 4.95. The van der Waals surface area contributed by atoms with Crippen molar-refractivity contribution in [3.05, 3.63) is 39.9 Å². The van der Waals surface area contributed by atoms with Crippen molar-refractivity contribution in [1.82, 2.24) is 14.6 Å². The van der Waals surface area contributed by atoms with E-state index in [1.54, 1.807) is 17.5 Å². The van der Waals surface area contributed by atoms with Gasteiger partial charge in [0.15, 0.2) is 5.65 Å². The average molecular weight is 351 g/mol. The van der Waals surface area contributed by atoms with E-state index in [9.17, 15) is 0 Å². The van der Waals surface area contributed by atoms with Crippen LogP contribution in [0.15, 0.2) is 34.2 Å². The molecule has 20 heavy (non-hydrogen) atoms. The number of hydrogen-bond acceptors (Lipinski definition) is 4. The van der Waals surface area contributed by atoms with Crippen molar-refractivity contribution in [2.24, 2.45) is 5.73 Å². The minimum atomic E-state index is -0.309. The van der Waals surface area contributed by atoms with E-state index in [1.807, 2.05) is 36.6 Å². The van der Waals surface area contributed by atoms with Gasteiger partial charge in [-0.3, -0.25) is 0 Å². The average Bonchev–Trinajstić information content (AvgIpc) is 2.93. The number of nitrogens with zero attached hydrogens (tertiary/aromatic N) is 3. The lowest BCUT2D eigenvalue weighted by molar-refractivity contribution is 0.505. The Labute approximate surface area is 129 Å². The maximum atomic E-state index is 6.20. The third-order valence-electron chi connectivity index (χ3n) is 2.92. The van der Waals surface area contributed by atoms with Gasteiger partial charge in [-0.25, -0.2) is 9.50 Å². The van der Waals surface area contributed by atoms with E-state index < -0.39 is 0 Å². The molecule has 0 atom stereocenters. The zero-order chi connectivity index (χ0) is 14.3. The van der Waals surface area contributed by atoms with Gasteiger partial charge in [0.2, 0.25) is 0 Å². The van der Waals surface area contributed by atoms with Crippen molar-refractivity contribution in [2.45, 2.75) is 25.8 Å². The summed E-state index contributed by atoms with van der Waals surface area (Å²) in [7, 11) is 0. The molecule has 2 N–H and O–H groups in total. The minimum Gasteiger partial charge on any atom is -0.325 e. The minimum absolute atomic E-state index is 0.309. The zero-order valence-electron chi connectivity index (χ0n) is 11.3. The van der Waals surface area contributed by atoms with E-state index in [4.69, 9.17) is 10.7 Å². The van der Waals surface area contributed by atoms with Gasteiger partial charge in [-0.15, -0.1) is 11.3 Å². The van der Waals surface area contributed by atoms with E-state index in [1.165, 1.54) is 0 Å². The van der Waals surface area contributed by atoms with Gasteiger partial charge >= 0.3 is 0 Å². The number of nitrogens with two attached hydrogens (primary N) is 1. The molecule has 3 aromatic rings. The van der Waals surface area contributed by atoms with Gasteiger partial charge in [-0.1, -0.05) is 0 Å². The predicted molar refractivity (Wildman–Crippen MR) is 86.0 cm³/mol. The van der Waals surface area contributed by atoms with Crippen LogP contribution in [0.4, 0.5) is 0 Å². The van der Waals surface area contributed by atoms with Crippen LogP contribution in [0.25, 0.3) is 16.2 Å². The summed E-state index contributed by atoms with van der Waals surface area (Å²) in [6, 6.07) is 7.97. The number of aromatic nitrogens is 3. The third kappa shape index (κ3) is 2.63. The van der Waals surface area contributed by atoms with Crippen molar-refractivity contribution in [1.29, 1.82) is 0 Å². The maximum Gasteiger partial charge on any atom is 0.154 e. The monoisotopic (exact) mass is 350 g/mol. The molecule has 0 spiro atoms. The molecule has 6 heteroatoms. The van der Waals surface area contributed by atoms with Crippen molar-refractivity contribution >= 4 is 32.9 Å². The second-order valence-electron chi connectivity index (χ2n) is 5.47. The van der Waals surface area contributed by atoms with Crippen molar-refractivity contribution in [3.63, 3.8) is 0 Å². The summed E-state index contributed by atoms with van der Waals surface area (Å²) >= 11 is 5.17. The summed E-state index contributed by atoms with van der Waals surface area (Å²) in [5.41, 5.74) is 8.77. The topological polar surface area (TPSA) is 56.2 Å². The number of rotatable bonds is 3. The molecular formula is C14H15BrN4S. The normalized spacial score (nSPS) is 12.2. The van der Waals surface area contributed by atoms with Gasteiger partial charge in [-0.05, 0) is 54.0 Å². The van der Waals surface area contributed by atoms with Crippen LogP contribution >= 0.6 is 27.3 Å². The van der Waals surface area contributed by atoms with Crippen LogP contribution in [-0.4, -0.2) is 20.1 Å². The molecular weight excluding hydrogens is 336 g/mol. The van der Waals surface area contributed by atoms with Crippen LogP contribution in [0.2, 0.25) is 0 Å². The third-order valence-corrected chi connectivity index (χ3v) is 4.55. The summed E-state index contributed by atoms with van der Waals surface area (Å²) in [6.07, 6.45) is 2.49. The van der Waals surface area contributed by atoms with Gasteiger partial charge in [-0.2, -0.15) is 5.10 Å². The lowest BCUT2D eigenvalue weighted by Crippen LogP contribution is -2.35. The first-order valence-corrected chi connectivity index (χ1v) is 7.92. The Balaban J connectivity index is 2.22. The number of hydrogen-bond donors (Lipinski definition) is 1. The van der Waals surface area contributed by atoms with E-state index >= 15 is 0 Å². The summed E-state index contributed by atoms with van der Waals surface area (Å²) in [4.78, 5) is 5.84. The quantitative estimate of drug-likeness (QED) is 0.786. The smallest absolute Gasteiger partial charge is 0.154 e. The van der Waals surface area contributed by atoms with Gasteiger partial charge in [0.25, 0.3) is 0 Å². The number of halogens is 1. The molecule has 0 saturated heterocycles. The second-order valence-corrected chi connectivity index (χ2v) is 7.93. The largest absolute Gasteiger partial charge is 0.325 e. The van der Waals surface area contributed by atoms with Crippen LogP contribution in [-0.2, 0) is 6.42 Å². The molecule has 3 heterocycles. The SMILES string of the molecule is CC(C)(N)Cc1c(-c2ccc(Br)s2)nc2cccnn12. The Morgan fingerprint density at radius 2 is 2.15 bits per heavy atom. The summed E-state index contributed by atoms with van der Waals surface area (Å²) in [5.74, 6) is 0. The highest BCUT2D eigenvalue weighted by Gasteiger charge is 2.22. The molecule has 3 aromatic heterocycles. The lowest BCUT2D eigenvalue weighted by Gasteiger charge is -2.18. The lowest BCUT2D eigenvalue weighted by atomic mass is 9.99. The molecule has 0 amide bonds.